The summed E-state index contributed by atoms with van der Waals surface area (Å²) in [5.41, 5.74) is 6.06. The van der Waals surface area contributed by atoms with Crippen LogP contribution in [0.3, 0.4) is 0 Å². The van der Waals surface area contributed by atoms with Gasteiger partial charge in [0.1, 0.15) is 12.7 Å². The zero-order valence-corrected chi connectivity index (χ0v) is 14.9. The molecule has 1 unspecified atom stereocenters. The lowest BCUT2D eigenvalue weighted by molar-refractivity contribution is -0.117. The van der Waals surface area contributed by atoms with E-state index in [4.69, 9.17) is 15.2 Å². The number of β-amino-alcohol motifs (C(OH)–C–C–N with tert-alkyl or cyclic N) is 1. The Hall–Kier alpha value is -1.83. The number of rotatable bonds is 10. The number of nitrogens with two attached hydrogens (primary N) is 1. The second-order valence-electron chi connectivity index (χ2n) is 6.38. The minimum absolute atomic E-state index is 0.122. The van der Waals surface area contributed by atoms with Crippen LogP contribution in [-0.4, -0.2) is 61.9 Å². The second-order valence-corrected chi connectivity index (χ2v) is 6.38. The molecule has 0 bridgehead atoms. The Kier molecular flexibility index (Phi) is 7.97. The fourth-order valence-electron chi connectivity index (χ4n) is 2.95. The molecule has 0 radical (unpaired) electrons. The van der Waals surface area contributed by atoms with Crippen LogP contribution in [0, 0.1) is 0 Å². The molecule has 0 spiro atoms. The highest BCUT2D eigenvalue weighted by Crippen LogP contribution is 2.28. The summed E-state index contributed by atoms with van der Waals surface area (Å²) in [5, 5.41) is 13.2. The minimum Gasteiger partial charge on any atom is -0.493 e. The summed E-state index contributed by atoms with van der Waals surface area (Å²) >= 11 is 0. The van der Waals surface area contributed by atoms with Gasteiger partial charge in [0.25, 0.3) is 0 Å². The van der Waals surface area contributed by atoms with Crippen molar-refractivity contribution in [1.82, 2.24) is 10.2 Å². The number of aliphatic hydroxyl groups excluding tert-OH is 1. The largest absolute Gasteiger partial charge is 0.493 e. The van der Waals surface area contributed by atoms with Gasteiger partial charge in [0.2, 0.25) is 5.91 Å². The number of piperidine rings is 1. The Bertz CT molecular complexity index is 547. The Morgan fingerprint density at radius 1 is 1.32 bits per heavy atom. The van der Waals surface area contributed by atoms with E-state index >= 15 is 0 Å². The van der Waals surface area contributed by atoms with Gasteiger partial charge in [0.15, 0.2) is 11.5 Å². The lowest BCUT2D eigenvalue weighted by Gasteiger charge is -2.28. The zero-order chi connectivity index (χ0) is 18.1. The number of benzene rings is 1. The number of aliphatic hydroxyl groups is 1. The molecule has 0 aliphatic carbocycles. The molecule has 7 nitrogen and oxygen atoms in total. The number of nitrogens with zero attached hydrogens (tertiary/aromatic N) is 1. The van der Waals surface area contributed by atoms with E-state index in [0.717, 1.165) is 18.7 Å². The molecular formula is C18H29N3O4. The number of primary amides is 1. The van der Waals surface area contributed by atoms with Gasteiger partial charge in [-0.1, -0.05) is 12.5 Å². The molecule has 1 amide bonds. The molecule has 25 heavy (non-hydrogen) atoms. The van der Waals surface area contributed by atoms with Crippen molar-refractivity contribution in [1.29, 1.82) is 0 Å². The van der Waals surface area contributed by atoms with E-state index in [2.05, 4.69) is 10.2 Å². The summed E-state index contributed by atoms with van der Waals surface area (Å²) in [4.78, 5) is 13.1. The number of hydrogen-bond donors (Lipinski definition) is 3. The van der Waals surface area contributed by atoms with E-state index in [0.29, 0.717) is 24.6 Å². The van der Waals surface area contributed by atoms with Crippen LogP contribution in [0.4, 0.5) is 0 Å². The molecule has 2 rings (SSSR count). The van der Waals surface area contributed by atoms with Crippen molar-refractivity contribution >= 4 is 5.91 Å². The van der Waals surface area contributed by atoms with E-state index < -0.39 is 12.0 Å². The van der Waals surface area contributed by atoms with Gasteiger partial charge in [0.05, 0.1) is 13.7 Å². The van der Waals surface area contributed by atoms with Crippen LogP contribution in [-0.2, 0) is 11.3 Å². The summed E-state index contributed by atoms with van der Waals surface area (Å²) < 4.78 is 11.1. The first-order valence-electron chi connectivity index (χ1n) is 8.77. The van der Waals surface area contributed by atoms with Crippen LogP contribution >= 0.6 is 0 Å². The molecule has 1 fully saturated rings. The molecule has 0 saturated carbocycles. The van der Waals surface area contributed by atoms with Crippen LogP contribution < -0.4 is 20.5 Å². The predicted molar refractivity (Wildman–Crippen MR) is 95.7 cm³/mol. The van der Waals surface area contributed by atoms with Gasteiger partial charge in [0, 0.05) is 13.1 Å². The molecule has 1 aliphatic rings. The van der Waals surface area contributed by atoms with E-state index in [1.165, 1.54) is 19.3 Å². The molecule has 140 valence electrons. The molecule has 1 atom stereocenters. The Morgan fingerprint density at radius 2 is 2.08 bits per heavy atom. The van der Waals surface area contributed by atoms with Gasteiger partial charge >= 0.3 is 0 Å². The van der Waals surface area contributed by atoms with Gasteiger partial charge in [-0.2, -0.15) is 0 Å². The molecule has 1 heterocycles. The standard InChI is InChI=1S/C18H29N3O4/c1-24-16-6-5-14(10-20-11-18(19)23)9-17(16)25-13-15(22)12-21-7-3-2-4-8-21/h5-6,9,15,20,22H,2-4,7-8,10-13H2,1H3,(H2,19,23). The van der Waals surface area contributed by atoms with E-state index in [9.17, 15) is 9.90 Å². The highest BCUT2D eigenvalue weighted by atomic mass is 16.5. The van der Waals surface area contributed by atoms with Gasteiger partial charge < -0.3 is 30.5 Å². The molecular weight excluding hydrogens is 322 g/mol. The van der Waals surface area contributed by atoms with Crippen molar-refractivity contribution in [2.45, 2.75) is 31.9 Å². The Morgan fingerprint density at radius 3 is 2.76 bits per heavy atom. The predicted octanol–water partition coefficient (Wildman–Crippen LogP) is 0.496. The van der Waals surface area contributed by atoms with Crippen molar-refractivity contribution < 1.29 is 19.4 Å². The number of amides is 1. The summed E-state index contributed by atoms with van der Waals surface area (Å²) in [6.07, 6.45) is 3.12. The molecule has 1 saturated heterocycles. The average Bonchev–Trinajstić information content (AvgIpc) is 2.60. The van der Waals surface area contributed by atoms with Crippen LogP contribution in [0.15, 0.2) is 18.2 Å². The average molecular weight is 351 g/mol. The van der Waals surface area contributed by atoms with Gasteiger partial charge in [-0.25, -0.2) is 0 Å². The highest BCUT2D eigenvalue weighted by Gasteiger charge is 2.16. The monoisotopic (exact) mass is 351 g/mol. The third-order valence-corrected chi connectivity index (χ3v) is 4.21. The first kappa shape index (κ1) is 19.5. The first-order valence-corrected chi connectivity index (χ1v) is 8.77. The van der Waals surface area contributed by atoms with E-state index in [1.54, 1.807) is 7.11 Å². The normalized spacial score (nSPS) is 16.4. The maximum Gasteiger partial charge on any atom is 0.231 e. The summed E-state index contributed by atoms with van der Waals surface area (Å²) in [7, 11) is 1.58. The number of methoxy groups -OCH3 is 1. The molecule has 1 aromatic rings. The fourth-order valence-corrected chi connectivity index (χ4v) is 2.95. The maximum atomic E-state index is 10.8. The topological polar surface area (TPSA) is 97.0 Å². The van der Waals surface area contributed by atoms with Gasteiger partial charge in [-0.05, 0) is 43.6 Å². The number of nitrogens with one attached hydrogen (secondary N) is 1. The number of ether oxygens (including phenoxy) is 2. The van der Waals surface area contributed by atoms with Gasteiger partial charge in [-0.15, -0.1) is 0 Å². The van der Waals surface area contributed by atoms with Crippen LogP contribution in [0.1, 0.15) is 24.8 Å². The van der Waals surface area contributed by atoms with Crippen molar-refractivity contribution in [3.05, 3.63) is 23.8 Å². The summed E-state index contributed by atoms with van der Waals surface area (Å²) in [5.74, 6) is 0.799. The van der Waals surface area contributed by atoms with Crippen molar-refractivity contribution in [3.8, 4) is 11.5 Å². The lowest BCUT2D eigenvalue weighted by atomic mass is 10.1. The van der Waals surface area contributed by atoms with Crippen molar-refractivity contribution in [3.63, 3.8) is 0 Å². The van der Waals surface area contributed by atoms with E-state index in [-0.39, 0.29) is 13.2 Å². The summed E-state index contributed by atoms with van der Waals surface area (Å²) in [6, 6.07) is 5.55. The number of carbonyl (C=O) groups is 1. The molecule has 1 aliphatic heterocycles. The molecule has 4 N–H and O–H groups in total. The maximum absolute atomic E-state index is 10.8. The SMILES string of the molecule is COc1ccc(CNCC(N)=O)cc1OCC(O)CN1CCCCC1. The first-order chi connectivity index (χ1) is 12.1. The number of likely N-dealkylation sites (tertiary alicyclic amines) is 1. The molecule has 7 heteroatoms. The van der Waals surface area contributed by atoms with E-state index in [1.807, 2.05) is 18.2 Å². The van der Waals surface area contributed by atoms with Crippen LogP contribution in [0.2, 0.25) is 0 Å². The minimum atomic E-state index is -0.542. The third kappa shape index (κ3) is 6.89. The second kappa shape index (κ2) is 10.2. The number of carbonyl (C=O) groups excluding carboxylic acids is 1. The number of hydrogen-bond acceptors (Lipinski definition) is 6. The Labute approximate surface area is 149 Å². The summed E-state index contributed by atoms with van der Waals surface area (Å²) in [6.45, 7) is 3.55. The molecule has 1 aromatic carbocycles. The van der Waals surface area contributed by atoms with Gasteiger partial charge in [-0.3, -0.25) is 4.79 Å². The zero-order valence-electron chi connectivity index (χ0n) is 14.9. The smallest absolute Gasteiger partial charge is 0.231 e. The fraction of sp³-hybridized carbons (Fsp3) is 0.611. The quantitative estimate of drug-likeness (QED) is 0.568. The van der Waals surface area contributed by atoms with Crippen LogP contribution in [0.5, 0.6) is 11.5 Å². The Balaban J connectivity index is 1.86. The highest BCUT2D eigenvalue weighted by molar-refractivity contribution is 5.75. The molecule has 0 aromatic heterocycles. The van der Waals surface area contributed by atoms with Crippen molar-refractivity contribution in [2.75, 3.05) is 39.9 Å². The third-order valence-electron chi connectivity index (χ3n) is 4.21. The lowest BCUT2D eigenvalue weighted by Crippen LogP contribution is -2.38. The van der Waals surface area contributed by atoms with Crippen LogP contribution in [0.25, 0.3) is 0 Å². The van der Waals surface area contributed by atoms with Crippen molar-refractivity contribution in [2.24, 2.45) is 5.73 Å².